The minimum atomic E-state index is 0.232. The highest BCUT2D eigenvalue weighted by molar-refractivity contribution is 6.31. The number of benzene rings is 1. The predicted octanol–water partition coefficient (Wildman–Crippen LogP) is 3.18. The van der Waals surface area contributed by atoms with Crippen molar-refractivity contribution in [3.8, 4) is 0 Å². The second-order valence-corrected chi connectivity index (χ2v) is 4.23. The molecule has 1 aromatic rings. The van der Waals surface area contributed by atoms with Gasteiger partial charge in [0.2, 0.25) is 0 Å². The summed E-state index contributed by atoms with van der Waals surface area (Å²) in [6, 6.07) is 8.17. The molecule has 1 aliphatic rings. The number of nitrogens with one attached hydrogen (secondary N) is 1. The van der Waals surface area contributed by atoms with E-state index in [0.29, 0.717) is 0 Å². The van der Waals surface area contributed by atoms with Crippen molar-refractivity contribution in [2.24, 2.45) is 4.99 Å². The van der Waals surface area contributed by atoms with E-state index in [0.717, 1.165) is 35.8 Å². The summed E-state index contributed by atoms with van der Waals surface area (Å²) < 4.78 is 0. The van der Waals surface area contributed by atoms with Gasteiger partial charge in [-0.3, -0.25) is 4.99 Å². The van der Waals surface area contributed by atoms with Crippen LogP contribution in [-0.2, 0) is 0 Å². The van der Waals surface area contributed by atoms with E-state index in [4.69, 9.17) is 11.6 Å². The molecule has 0 fully saturated rings. The molecular formula is C12H15ClN2. The van der Waals surface area contributed by atoms with Crippen LogP contribution in [0.1, 0.15) is 31.4 Å². The quantitative estimate of drug-likeness (QED) is 0.817. The fourth-order valence-corrected chi connectivity index (χ4v) is 2.11. The third-order valence-corrected chi connectivity index (χ3v) is 2.97. The van der Waals surface area contributed by atoms with Crippen molar-refractivity contribution in [2.75, 3.05) is 6.54 Å². The SMILES string of the molecule is C[C@H](NC1=NCCC1)c1ccccc1Cl. The molecule has 0 amide bonds. The molecule has 3 heteroatoms. The van der Waals surface area contributed by atoms with Gasteiger partial charge in [-0.1, -0.05) is 29.8 Å². The van der Waals surface area contributed by atoms with Gasteiger partial charge in [-0.2, -0.15) is 0 Å². The number of hydrogen-bond donors (Lipinski definition) is 1. The topological polar surface area (TPSA) is 24.4 Å². The highest BCUT2D eigenvalue weighted by Crippen LogP contribution is 2.22. The fourth-order valence-electron chi connectivity index (χ4n) is 1.81. The first kappa shape index (κ1) is 10.5. The van der Waals surface area contributed by atoms with Crippen LogP contribution >= 0.6 is 11.6 Å². The second-order valence-electron chi connectivity index (χ2n) is 3.82. The molecule has 0 saturated carbocycles. The van der Waals surface area contributed by atoms with Crippen molar-refractivity contribution in [1.29, 1.82) is 0 Å². The molecule has 0 saturated heterocycles. The molecule has 1 atom stereocenters. The van der Waals surface area contributed by atoms with Gasteiger partial charge in [-0.25, -0.2) is 0 Å². The van der Waals surface area contributed by atoms with E-state index in [9.17, 15) is 0 Å². The van der Waals surface area contributed by atoms with E-state index >= 15 is 0 Å². The Balaban J connectivity index is 2.07. The molecule has 0 spiro atoms. The zero-order valence-electron chi connectivity index (χ0n) is 8.83. The van der Waals surface area contributed by atoms with E-state index in [2.05, 4.69) is 23.3 Å². The van der Waals surface area contributed by atoms with Crippen LogP contribution in [0.5, 0.6) is 0 Å². The summed E-state index contributed by atoms with van der Waals surface area (Å²) >= 11 is 6.12. The van der Waals surface area contributed by atoms with Crippen LogP contribution in [0.3, 0.4) is 0 Å². The third kappa shape index (κ3) is 2.51. The number of amidine groups is 1. The minimum absolute atomic E-state index is 0.232. The molecule has 0 bridgehead atoms. The number of nitrogens with zero attached hydrogens (tertiary/aromatic N) is 1. The minimum Gasteiger partial charge on any atom is -0.367 e. The molecule has 0 unspecified atom stereocenters. The van der Waals surface area contributed by atoms with Gasteiger partial charge in [0.25, 0.3) is 0 Å². The van der Waals surface area contributed by atoms with E-state index in [1.54, 1.807) is 0 Å². The zero-order chi connectivity index (χ0) is 10.7. The highest BCUT2D eigenvalue weighted by Gasteiger charge is 2.12. The number of hydrogen-bond acceptors (Lipinski definition) is 2. The summed E-state index contributed by atoms with van der Waals surface area (Å²) in [5.41, 5.74) is 1.13. The van der Waals surface area contributed by atoms with Crippen molar-refractivity contribution in [2.45, 2.75) is 25.8 Å². The Morgan fingerprint density at radius 2 is 2.20 bits per heavy atom. The smallest absolute Gasteiger partial charge is 0.0968 e. The highest BCUT2D eigenvalue weighted by atomic mass is 35.5. The molecule has 0 radical (unpaired) electrons. The largest absolute Gasteiger partial charge is 0.367 e. The van der Waals surface area contributed by atoms with Gasteiger partial charge < -0.3 is 5.32 Å². The Morgan fingerprint density at radius 3 is 2.87 bits per heavy atom. The standard InChI is InChI=1S/C12H15ClN2/c1-9(15-12-7-4-8-14-12)10-5-2-3-6-11(10)13/h2-3,5-6,9H,4,7-8H2,1H3,(H,14,15)/t9-/m0/s1. The summed E-state index contributed by atoms with van der Waals surface area (Å²) in [6.45, 7) is 3.07. The van der Waals surface area contributed by atoms with Crippen LogP contribution in [0.25, 0.3) is 0 Å². The van der Waals surface area contributed by atoms with Gasteiger partial charge in [-0.15, -0.1) is 0 Å². The number of rotatable bonds is 2. The van der Waals surface area contributed by atoms with Gasteiger partial charge in [-0.05, 0) is 25.0 Å². The third-order valence-electron chi connectivity index (χ3n) is 2.63. The zero-order valence-corrected chi connectivity index (χ0v) is 9.59. The molecule has 2 nitrogen and oxygen atoms in total. The monoisotopic (exact) mass is 222 g/mol. The van der Waals surface area contributed by atoms with Gasteiger partial charge in [0.15, 0.2) is 0 Å². The van der Waals surface area contributed by atoms with Gasteiger partial charge in [0, 0.05) is 18.0 Å². The van der Waals surface area contributed by atoms with Crippen molar-refractivity contribution < 1.29 is 0 Å². The molecule has 1 N–H and O–H groups in total. The van der Waals surface area contributed by atoms with Crippen LogP contribution in [0.15, 0.2) is 29.3 Å². The Morgan fingerprint density at radius 1 is 1.40 bits per heavy atom. The molecule has 15 heavy (non-hydrogen) atoms. The van der Waals surface area contributed by atoms with Crippen LogP contribution in [0, 0.1) is 0 Å². The number of halogens is 1. The first-order chi connectivity index (χ1) is 7.27. The van der Waals surface area contributed by atoms with Crippen molar-refractivity contribution in [3.63, 3.8) is 0 Å². The van der Waals surface area contributed by atoms with Gasteiger partial charge >= 0.3 is 0 Å². The lowest BCUT2D eigenvalue weighted by Crippen LogP contribution is -2.25. The molecule has 2 rings (SSSR count). The average molecular weight is 223 g/mol. The van der Waals surface area contributed by atoms with Crippen molar-refractivity contribution in [3.05, 3.63) is 34.9 Å². The first-order valence-electron chi connectivity index (χ1n) is 5.31. The van der Waals surface area contributed by atoms with E-state index in [1.165, 1.54) is 0 Å². The summed E-state index contributed by atoms with van der Waals surface area (Å²) in [5, 5.41) is 4.22. The summed E-state index contributed by atoms with van der Waals surface area (Å²) in [5.74, 6) is 1.11. The predicted molar refractivity (Wildman–Crippen MR) is 64.5 cm³/mol. The maximum absolute atomic E-state index is 6.12. The van der Waals surface area contributed by atoms with Gasteiger partial charge in [0.1, 0.15) is 0 Å². The summed E-state index contributed by atoms with van der Waals surface area (Å²) in [7, 11) is 0. The molecular weight excluding hydrogens is 208 g/mol. The van der Waals surface area contributed by atoms with E-state index in [-0.39, 0.29) is 6.04 Å². The fraction of sp³-hybridized carbons (Fsp3) is 0.417. The molecule has 0 aromatic heterocycles. The Labute approximate surface area is 95.4 Å². The lowest BCUT2D eigenvalue weighted by atomic mass is 10.1. The van der Waals surface area contributed by atoms with E-state index in [1.807, 2.05) is 18.2 Å². The lowest BCUT2D eigenvalue weighted by molar-refractivity contribution is 0.709. The van der Waals surface area contributed by atoms with Crippen LogP contribution in [0.2, 0.25) is 5.02 Å². The molecule has 1 heterocycles. The lowest BCUT2D eigenvalue weighted by Gasteiger charge is -2.16. The van der Waals surface area contributed by atoms with Crippen LogP contribution in [-0.4, -0.2) is 12.4 Å². The second kappa shape index (κ2) is 4.67. The maximum Gasteiger partial charge on any atom is 0.0968 e. The van der Waals surface area contributed by atoms with Crippen molar-refractivity contribution in [1.82, 2.24) is 5.32 Å². The average Bonchev–Trinajstić information content (AvgIpc) is 2.71. The van der Waals surface area contributed by atoms with Crippen LogP contribution in [0.4, 0.5) is 0 Å². The Hall–Kier alpha value is -1.02. The molecule has 80 valence electrons. The Kier molecular flexibility index (Phi) is 3.27. The molecule has 1 aliphatic heterocycles. The molecule has 1 aromatic carbocycles. The summed E-state index contributed by atoms with van der Waals surface area (Å²) in [4.78, 5) is 4.39. The van der Waals surface area contributed by atoms with E-state index < -0.39 is 0 Å². The number of aliphatic imine (C=N–C) groups is 1. The normalized spacial score (nSPS) is 17.3. The molecule has 0 aliphatic carbocycles. The maximum atomic E-state index is 6.12. The first-order valence-corrected chi connectivity index (χ1v) is 5.69. The van der Waals surface area contributed by atoms with Crippen molar-refractivity contribution >= 4 is 17.4 Å². The summed E-state index contributed by atoms with van der Waals surface area (Å²) in [6.07, 6.45) is 2.23. The van der Waals surface area contributed by atoms with Gasteiger partial charge in [0.05, 0.1) is 11.9 Å². The van der Waals surface area contributed by atoms with Crippen LogP contribution < -0.4 is 5.32 Å². The Bertz CT molecular complexity index is 374.